The van der Waals surface area contributed by atoms with Gasteiger partial charge in [0, 0.05) is 12.8 Å². The van der Waals surface area contributed by atoms with E-state index in [-0.39, 0.29) is 31.5 Å². The highest BCUT2D eigenvalue weighted by atomic mass is 31.2. The number of hydrogen-bond donors (Lipinski definition) is 1. The fraction of sp³-hybridized carbons (Fsp3) is 0.877. The van der Waals surface area contributed by atoms with Crippen LogP contribution in [0.2, 0.25) is 0 Å². The lowest BCUT2D eigenvalue weighted by atomic mass is 10.0. The van der Waals surface area contributed by atoms with Gasteiger partial charge in [0.05, 0.1) is 33.8 Å². The van der Waals surface area contributed by atoms with Crippen molar-refractivity contribution < 1.29 is 37.3 Å². The van der Waals surface area contributed by atoms with Crippen molar-refractivity contribution >= 4 is 19.7 Å². The summed E-state index contributed by atoms with van der Waals surface area (Å²) in [5, 5.41) is 3.03. The van der Waals surface area contributed by atoms with Crippen molar-refractivity contribution in [1.82, 2.24) is 5.32 Å². The van der Waals surface area contributed by atoms with Gasteiger partial charge in [0.25, 0.3) is 7.82 Å². The minimum absolute atomic E-state index is 0.0218. The second-order valence-electron chi connectivity index (χ2n) is 23.3. The van der Waals surface area contributed by atoms with E-state index in [0.717, 1.165) is 77.0 Å². The number of amides is 1. The van der Waals surface area contributed by atoms with Gasteiger partial charge in [-0.25, -0.2) is 0 Å². The molecule has 0 fully saturated rings. The Morgan fingerprint density at radius 3 is 1.23 bits per heavy atom. The van der Waals surface area contributed by atoms with Crippen molar-refractivity contribution in [2.24, 2.45) is 0 Å². The summed E-state index contributed by atoms with van der Waals surface area (Å²) in [4.78, 5) is 40.0. The molecule has 0 rings (SSSR count). The molecule has 9 nitrogen and oxygen atoms in total. The molecule has 0 aromatic rings. The Kier molecular flexibility index (Phi) is 54.2. The quantitative estimate of drug-likeness (QED) is 0.0212. The van der Waals surface area contributed by atoms with Crippen LogP contribution in [0.3, 0.4) is 0 Å². The summed E-state index contributed by atoms with van der Waals surface area (Å²) in [6.07, 6.45) is 66.8. The average molecular weight is 1080 g/mol. The Hall–Kier alpha value is -1.77. The number of quaternary nitrogens is 1. The average Bonchev–Trinajstić information content (AvgIpc) is 3.37. The number of rotatable bonds is 59. The van der Waals surface area contributed by atoms with E-state index in [1.807, 2.05) is 33.3 Å². The van der Waals surface area contributed by atoms with E-state index in [0.29, 0.717) is 17.4 Å². The Balaban J connectivity index is 5.14. The lowest BCUT2D eigenvalue weighted by Gasteiger charge is -2.30. The standard InChI is InChI=1S/C65H125N2O7P/c1-7-10-13-16-19-22-25-27-29-31-32-33-34-36-38-40-43-46-49-52-55-58-65(69)74-63(56-53-50-47-44-41-24-21-18-15-12-9-3)62(61-73-75(70,71)72-60-59-67(4,5)6)66-64(68)57-54-51-48-45-42-39-37-35-30-28-26-23-20-17-14-11-8-2/h20,23,28,30,53,56,62-63H,7-19,21-22,24-27,29,31-52,54-55,57-61H2,1-6H3,(H-,66,68,70,71)/b23-20-,30-28-,56-53+. The zero-order valence-electron chi connectivity index (χ0n) is 50.5. The number of ether oxygens (including phenoxy) is 1. The number of hydrogen-bond acceptors (Lipinski definition) is 7. The van der Waals surface area contributed by atoms with Crippen molar-refractivity contribution in [3.05, 3.63) is 36.5 Å². The highest BCUT2D eigenvalue weighted by molar-refractivity contribution is 7.45. The normalized spacial score (nSPS) is 13.9. The number of nitrogens with zero attached hydrogens (tertiary/aromatic N) is 1. The molecule has 3 unspecified atom stereocenters. The summed E-state index contributed by atoms with van der Waals surface area (Å²) < 4.78 is 30.3. The van der Waals surface area contributed by atoms with E-state index in [9.17, 15) is 19.0 Å². The molecule has 0 aliphatic heterocycles. The van der Waals surface area contributed by atoms with E-state index in [4.69, 9.17) is 13.8 Å². The lowest BCUT2D eigenvalue weighted by Crippen LogP contribution is -2.47. The molecule has 1 N–H and O–H groups in total. The Bertz CT molecular complexity index is 1380. The SMILES string of the molecule is CCCCC/C=C\C/C=C\CCCCCCCCCC(=O)NC(COP(=O)([O-])OCC[N+](C)(C)C)C(/C=C/CCCCCCCCCCC)OC(=O)CCCCCCCCCCCCCCCCCCCCCCC. The molecule has 0 aliphatic rings. The van der Waals surface area contributed by atoms with Gasteiger partial charge in [-0.05, 0) is 63.9 Å². The first-order chi connectivity index (χ1) is 36.4. The first kappa shape index (κ1) is 73.2. The molecule has 1 amide bonds. The molecule has 0 saturated carbocycles. The molecule has 3 atom stereocenters. The van der Waals surface area contributed by atoms with Crippen molar-refractivity contribution in [2.75, 3.05) is 40.9 Å². The van der Waals surface area contributed by atoms with Crippen LogP contribution >= 0.6 is 7.82 Å². The highest BCUT2D eigenvalue weighted by Gasteiger charge is 2.27. The van der Waals surface area contributed by atoms with E-state index < -0.39 is 20.0 Å². The minimum Gasteiger partial charge on any atom is -0.756 e. The van der Waals surface area contributed by atoms with Gasteiger partial charge in [-0.2, -0.15) is 0 Å². The number of esters is 1. The predicted molar refractivity (Wildman–Crippen MR) is 321 cm³/mol. The number of likely N-dealkylation sites (N-methyl/N-ethyl adjacent to an activating group) is 1. The van der Waals surface area contributed by atoms with Crippen molar-refractivity contribution in [1.29, 1.82) is 0 Å². The van der Waals surface area contributed by atoms with Gasteiger partial charge in [-0.15, -0.1) is 0 Å². The zero-order valence-corrected chi connectivity index (χ0v) is 51.4. The highest BCUT2D eigenvalue weighted by Crippen LogP contribution is 2.38. The lowest BCUT2D eigenvalue weighted by molar-refractivity contribution is -0.870. The molecule has 10 heteroatoms. The van der Waals surface area contributed by atoms with Crippen LogP contribution in [0.5, 0.6) is 0 Å². The second kappa shape index (κ2) is 55.5. The molecule has 0 radical (unpaired) electrons. The van der Waals surface area contributed by atoms with Crippen LogP contribution < -0.4 is 10.2 Å². The molecule has 0 saturated heterocycles. The van der Waals surface area contributed by atoms with Gasteiger partial charge in [0.1, 0.15) is 19.3 Å². The first-order valence-electron chi connectivity index (χ1n) is 32.3. The van der Waals surface area contributed by atoms with Crippen LogP contribution in [0.15, 0.2) is 36.5 Å². The van der Waals surface area contributed by atoms with Crippen LogP contribution in [0, 0.1) is 0 Å². The zero-order chi connectivity index (χ0) is 55.0. The third kappa shape index (κ3) is 56.8. The fourth-order valence-electron chi connectivity index (χ4n) is 9.55. The number of carbonyl (C=O) groups is 2. The van der Waals surface area contributed by atoms with Crippen LogP contribution in [0.4, 0.5) is 0 Å². The Morgan fingerprint density at radius 1 is 0.467 bits per heavy atom. The van der Waals surface area contributed by atoms with Gasteiger partial charge < -0.3 is 28.5 Å². The summed E-state index contributed by atoms with van der Waals surface area (Å²) in [6.45, 7) is 6.85. The topological polar surface area (TPSA) is 114 Å². The van der Waals surface area contributed by atoms with Crippen LogP contribution in [-0.4, -0.2) is 69.4 Å². The molecular weight excluding hydrogens is 952 g/mol. The summed E-state index contributed by atoms with van der Waals surface area (Å²) in [6, 6.07) is -0.888. The molecule has 0 aliphatic carbocycles. The van der Waals surface area contributed by atoms with Gasteiger partial charge in [0.2, 0.25) is 5.91 Å². The number of phosphoric ester groups is 1. The third-order valence-electron chi connectivity index (χ3n) is 14.6. The Labute approximate surface area is 466 Å². The molecular formula is C65H125N2O7P. The number of allylic oxidation sites excluding steroid dienone is 5. The monoisotopic (exact) mass is 1080 g/mol. The molecule has 0 bridgehead atoms. The van der Waals surface area contributed by atoms with Crippen molar-refractivity contribution in [2.45, 2.75) is 328 Å². The third-order valence-corrected chi connectivity index (χ3v) is 15.5. The number of unbranched alkanes of at least 4 members (excludes halogenated alkanes) is 39. The molecule has 0 spiro atoms. The predicted octanol–water partition coefficient (Wildman–Crippen LogP) is 19.3. The van der Waals surface area contributed by atoms with Gasteiger partial charge in [-0.1, -0.05) is 276 Å². The van der Waals surface area contributed by atoms with E-state index in [1.54, 1.807) is 0 Å². The maximum atomic E-state index is 13.5. The van der Waals surface area contributed by atoms with Crippen LogP contribution in [-0.2, 0) is 27.9 Å². The summed E-state index contributed by atoms with van der Waals surface area (Å²) in [5.41, 5.74) is 0. The molecule has 0 aromatic carbocycles. The summed E-state index contributed by atoms with van der Waals surface area (Å²) in [7, 11) is 1.19. The summed E-state index contributed by atoms with van der Waals surface area (Å²) in [5.74, 6) is -0.536. The Morgan fingerprint density at radius 2 is 0.813 bits per heavy atom. The first-order valence-corrected chi connectivity index (χ1v) is 33.8. The van der Waals surface area contributed by atoms with Gasteiger partial charge in [0.15, 0.2) is 0 Å². The number of nitrogens with one attached hydrogen (secondary N) is 1. The van der Waals surface area contributed by atoms with E-state index in [1.165, 1.54) is 205 Å². The van der Waals surface area contributed by atoms with Crippen molar-refractivity contribution in [3.8, 4) is 0 Å². The smallest absolute Gasteiger partial charge is 0.306 e. The molecule has 0 aromatic heterocycles. The van der Waals surface area contributed by atoms with E-state index in [2.05, 4.69) is 50.4 Å². The largest absolute Gasteiger partial charge is 0.756 e. The van der Waals surface area contributed by atoms with Crippen LogP contribution in [0.1, 0.15) is 316 Å². The van der Waals surface area contributed by atoms with Gasteiger partial charge >= 0.3 is 5.97 Å². The summed E-state index contributed by atoms with van der Waals surface area (Å²) >= 11 is 0. The molecule has 75 heavy (non-hydrogen) atoms. The molecule has 442 valence electrons. The number of carbonyl (C=O) groups excluding carboxylic acids is 2. The maximum absolute atomic E-state index is 13.5. The van der Waals surface area contributed by atoms with Gasteiger partial charge in [-0.3, -0.25) is 14.2 Å². The molecule has 0 heterocycles. The van der Waals surface area contributed by atoms with Crippen LogP contribution in [0.25, 0.3) is 0 Å². The van der Waals surface area contributed by atoms with E-state index >= 15 is 0 Å². The van der Waals surface area contributed by atoms with Crippen molar-refractivity contribution in [3.63, 3.8) is 0 Å². The maximum Gasteiger partial charge on any atom is 0.306 e. The second-order valence-corrected chi connectivity index (χ2v) is 24.7. The number of phosphoric acid groups is 1. The minimum atomic E-state index is -4.70. The fourth-order valence-corrected chi connectivity index (χ4v) is 10.3.